The van der Waals surface area contributed by atoms with E-state index in [2.05, 4.69) is 45.0 Å². The number of aliphatic hydroxyl groups excluding tert-OH is 1. The molecule has 1 aromatic carbocycles. The highest BCUT2D eigenvalue weighted by molar-refractivity contribution is 5.27. The molecule has 0 atom stereocenters. The molecule has 0 radical (unpaired) electrons. The molecule has 0 spiro atoms. The van der Waals surface area contributed by atoms with Gasteiger partial charge in [0.05, 0.1) is 19.8 Å². The molecule has 0 aliphatic carbocycles. The molecule has 84 valence electrons. The van der Waals surface area contributed by atoms with E-state index in [1.807, 2.05) is 0 Å². The predicted molar refractivity (Wildman–Crippen MR) is 62.1 cm³/mol. The van der Waals surface area contributed by atoms with Gasteiger partial charge in [0.25, 0.3) is 0 Å². The third-order valence-electron chi connectivity index (χ3n) is 2.53. The first-order valence-corrected chi connectivity index (χ1v) is 5.32. The van der Waals surface area contributed by atoms with Crippen LogP contribution >= 0.6 is 0 Å². The van der Waals surface area contributed by atoms with Crippen molar-refractivity contribution < 1.29 is 9.84 Å². The minimum absolute atomic E-state index is 0.00285. The summed E-state index contributed by atoms with van der Waals surface area (Å²) in [5, 5.41) is 8.65. The molecular weight excluding hydrogens is 188 g/mol. The second-order valence-electron chi connectivity index (χ2n) is 4.53. The number of rotatable bonds is 5. The summed E-state index contributed by atoms with van der Waals surface area (Å²) in [5.74, 6) is 0. The summed E-state index contributed by atoms with van der Waals surface area (Å²) in [5.41, 5.74) is 2.54. The van der Waals surface area contributed by atoms with Crippen LogP contribution in [0.25, 0.3) is 0 Å². The van der Waals surface area contributed by atoms with Gasteiger partial charge in [0.2, 0.25) is 0 Å². The molecule has 15 heavy (non-hydrogen) atoms. The van der Waals surface area contributed by atoms with Crippen molar-refractivity contribution in [3.63, 3.8) is 0 Å². The van der Waals surface area contributed by atoms with E-state index >= 15 is 0 Å². The maximum Gasteiger partial charge on any atom is 0.0698 e. The Morgan fingerprint density at radius 1 is 1.20 bits per heavy atom. The van der Waals surface area contributed by atoms with E-state index in [4.69, 9.17) is 9.84 Å². The van der Waals surface area contributed by atoms with Gasteiger partial charge in [-0.1, -0.05) is 43.7 Å². The quantitative estimate of drug-likeness (QED) is 0.752. The van der Waals surface area contributed by atoms with Crippen molar-refractivity contribution >= 4 is 0 Å². The average molecular weight is 208 g/mol. The van der Waals surface area contributed by atoms with E-state index in [-0.39, 0.29) is 12.0 Å². The number of ether oxygens (including phenoxy) is 1. The molecule has 2 nitrogen and oxygen atoms in total. The number of hydrogen-bond donors (Lipinski definition) is 1. The Kier molecular flexibility index (Phi) is 4.30. The first-order chi connectivity index (χ1) is 7.06. The summed E-state index contributed by atoms with van der Waals surface area (Å²) in [6.07, 6.45) is 0. The molecular formula is C13H20O2. The van der Waals surface area contributed by atoms with Crippen molar-refractivity contribution in [3.05, 3.63) is 35.4 Å². The minimum atomic E-state index is 0.00285. The van der Waals surface area contributed by atoms with Crippen molar-refractivity contribution in [3.8, 4) is 0 Å². The number of aryl methyl sites for hydroxylation is 1. The Morgan fingerprint density at radius 3 is 2.33 bits per heavy atom. The van der Waals surface area contributed by atoms with Crippen molar-refractivity contribution in [2.45, 2.75) is 26.2 Å². The zero-order chi connectivity index (χ0) is 11.3. The normalized spacial score (nSPS) is 11.7. The van der Waals surface area contributed by atoms with E-state index in [0.717, 1.165) is 0 Å². The Balaban J connectivity index is 2.63. The second kappa shape index (κ2) is 5.29. The van der Waals surface area contributed by atoms with Crippen LogP contribution in [-0.2, 0) is 10.2 Å². The molecule has 0 aromatic heterocycles. The third kappa shape index (κ3) is 3.65. The van der Waals surface area contributed by atoms with Crippen LogP contribution in [0.1, 0.15) is 25.0 Å². The lowest BCUT2D eigenvalue weighted by atomic mass is 9.85. The van der Waals surface area contributed by atoms with Gasteiger partial charge in [-0.3, -0.25) is 0 Å². The Hall–Kier alpha value is -0.860. The third-order valence-corrected chi connectivity index (χ3v) is 2.53. The van der Waals surface area contributed by atoms with Crippen molar-refractivity contribution in [2.75, 3.05) is 19.8 Å². The average Bonchev–Trinajstić information content (AvgIpc) is 2.18. The summed E-state index contributed by atoms with van der Waals surface area (Å²) < 4.78 is 5.38. The van der Waals surface area contributed by atoms with E-state index in [1.54, 1.807) is 0 Å². The lowest BCUT2D eigenvalue weighted by molar-refractivity contribution is 0.0642. The van der Waals surface area contributed by atoms with Crippen LogP contribution < -0.4 is 0 Å². The summed E-state index contributed by atoms with van der Waals surface area (Å²) in [6.45, 7) is 7.51. The van der Waals surface area contributed by atoms with Crippen LogP contribution in [-0.4, -0.2) is 24.9 Å². The van der Waals surface area contributed by atoms with E-state index in [0.29, 0.717) is 13.2 Å². The molecule has 1 rings (SSSR count). The molecule has 0 aliphatic heterocycles. The number of benzene rings is 1. The summed E-state index contributed by atoms with van der Waals surface area (Å²) >= 11 is 0. The van der Waals surface area contributed by atoms with Crippen LogP contribution in [0.2, 0.25) is 0 Å². The van der Waals surface area contributed by atoms with Crippen LogP contribution in [0.5, 0.6) is 0 Å². The van der Waals surface area contributed by atoms with Crippen LogP contribution in [0, 0.1) is 6.92 Å². The number of hydrogen-bond acceptors (Lipinski definition) is 2. The molecule has 1 N–H and O–H groups in total. The largest absolute Gasteiger partial charge is 0.394 e. The van der Waals surface area contributed by atoms with Gasteiger partial charge in [-0.15, -0.1) is 0 Å². The fraction of sp³-hybridized carbons (Fsp3) is 0.538. The summed E-state index contributed by atoms with van der Waals surface area (Å²) in [4.78, 5) is 0. The molecule has 1 aromatic rings. The molecule has 0 saturated carbocycles. The van der Waals surface area contributed by atoms with E-state index in [1.165, 1.54) is 11.1 Å². The Labute approximate surface area is 91.9 Å². The monoisotopic (exact) mass is 208 g/mol. The van der Waals surface area contributed by atoms with Gasteiger partial charge in [0.15, 0.2) is 0 Å². The van der Waals surface area contributed by atoms with Crippen LogP contribution in [0.15, 0.2) is 24.3 Å². The highest BCUT2D eigenvalue weighted by Crippen LogP contribution is 2.23. The standard InChI is InChI=1S/C13H20O2/c1-11-4-6-12(7-5-11)13(2,3)10-15-9-8-14/h4-7,14H,8-10H2,1-3H3. The smallest absolute Gasteiger partial charge is 0.0698 e. The van der Waals surface area contributed by atoms with Crippen LogP contribution in [0.4, 0.5) is 0 Å². The molecule has 0 aliphatic rings. The van der Waals surface area contributed by atoms with Gasteiger partial charge >= 0.3 is 0 Å². The fourth-order valence-electron chi connectivity index (χ4n) is 1.48. The SMILES string of the molecule is Cc1ccc(C(C)(C)COCCO)cc1. The second-order valence-corrected chi connectivity index (χ2v) is 4.53. The van der Waals surface area contributed by atoms with Gasteiger partial charge in [-0.05, 0) is 12.5 Å². The molecule has 2 heteroatoms. The van der Waals surface area contributed by atoms with Crippen molar-refractivity contribution in [2.24, 2.45) is 0 Å². The topological polar surface area (TPSA) is 29.5 Å². The zero-order valence-corrected chi connectivity index (χ0v) is 9.79. The molecule has 0 heterocycles. The first-order valence-electron chi connectivity index (χ1n) is 5.32. The highest BCUT2D eigenvalue weighted by Gasteiger charge is 2.20. The lowest BCUT2D eigenvalue weighted by Crippen LogP contribution is -2.25. The maximum absolute atomic E-state index is 8.65. The van der Waals surface area contributed by atoms with Crippen LogP contribution in [0.3, 0.4) is 0 Å². The molecule has 0 unspecified atom stereocenters. The van der Waals surface area contributed by atoms with Gasteiger partial charge in [0, 0.05) is 5.41 Å². The Bertz CT molecular complexity index is 288. The maximum atomic E-state index is 8.65. The molecule has 0 saturated heterocycles. The predicted octanol–water partition coefficient (Wildman–Crippen LogP) is 2.28. The fourth-order valence-corrected chi connectivity index (χ4v) is 1.48. The van der Waals surface area contributed by atoms with Gasteiger partial charge in [0.1, 0.15) is 0 Å². The summed E-state index contributed by atoms with van der Waals surface area (Å²) in [7, 11) is 0. The van der Waals surface area contributed by atoms with Gasteiger partial charge < -0.3 is 9.84 Å². The molecule has 0 bridgehead atoms. The lowest BCUT2D eigenvalue weighted by Gasteiger charge is -2.25. The van der Waals surface area contributed by atoms with Gasteiger partial charge in [-0.25, -0.2) is 0 Å². The van der Waals surface area contributed by atoms with Gasteiger partial charge in [-0.2, -0.15) is 0 Å². The molecule has 0 amide bonds. The minimum Gasteiger partial charge on any atom is -0.394 e. The highest BCUT2D eigenvalue weighted by atomic mass is 16.5. The van der Waals surface area contributed by atoms with E-state index in [9.17, 15) is 0 Å². The summed E-state index contributed by atoms with van der Waals surface area (Å²) in [6, 6.07) is 8.50. The first kappa shape index (κ1) is 12.2. The number of aliphatic hydroxyl groups is 1. The Morgan fingerprint density at radius 2 is 1.80 bits per heavy atom. The van der Waals surface area contributed by atoms with Crippen molar-refractivity contribution in [1.82, 2.24) is 0 Å². The zero-order valence-electron chi connectivity index (χ0n) is 9.79. The van der Waals surface area contributed by atoms with E-state index < -0.39 is 0 Å². The van der Waals surface area contributed by atoms with Crippen molar-refractivity contribution in [1.29, 1.82) is 0 Å². The molecule has 0 fully saturated rings.